The molecule has 3 aromatic rings. The van der Waals surface area contributed by atoms with E-state index in [4.69, 9.17) is 30.3 Å². The van der Waals surface area contributed by atoms with E-state index in [0.717, 1.165) is 6.92 Å². The number of ether oxygens (including phenoxy) is 2. The molecule has 212 valence electrons. The molecule has 3 N–H and O–H groups in total. The second-order valence-corrected chi connectivity index (χ2v) is 12.2. The fraction of sp³-hybridized carbons (Fsp3) is 0.478. The zero-order chi connectivity index (χ0) is 28.6. The van der Waals surface area contributed by atoms with Crippen molar-refractivity contribution in [1.29, 1.82) is 0 Å². The fourth-order valence-electron chi connectivity index (χ4n) is 4.08. The highest BCUT2D eigenvalue weighted by atomic mass is 32.5. The minimum atomic E-state index is -3.68. The summed E-state index contributed by atoms with van der Waals surface area (Å²) in [5, 5.41) is 16.4. The van der Waals surface area contributed by atoms with Gasteiger partial charge in [-0.15, -0.1) is 0 Å². The number of imidazole rings is 1. The number of aliphatic hydroxyl groups is 1. The molecule has 0 aliphatic carbocycles. The molecule has 1 fully saturated rings. The molecule has 1 aliphatic rings. The molecule has 0 unspecified atom stereocenters. The largest absolute Gasteiger partial charge is 0.468 e. The SMILES string of the molecule is CNc1nc(C)nc2c1ncn2[C@@H]1O[C@](F)(CO[P@@](=S)(N[C@H](C)C(=O)OC)Oc2ccccc2)[C@@H](O)[C@@]1(C)F. The van der Waals surface area contributed by atoms with E-state index in [0.29, 0.717) is 17.2 Å². The molecule has 2 aromatic heterocycles. The summed E-state index contributed by atoms with van der Waals surface area (Å²) in [5.41, 5.74) is -2.18. The highest BCUT2D eigenvalue weighted by molar-refractivity contribution is 8.09. The monoisotopic (exact) mass is 586 g/mol. The average molecular weight is 587 g/mol. The fourth-order valence-corrected chi connectivity index (χ4v) is 6.48. The van der Waals surface area contributed by atoms with Crippen molar-refractivity contribution in [1.82, 2.24) is 24.6 Å². The van der Waals surface area contributed by atoms with Gasteiger partial charge in [0.25, 0.3) is 5.85 Å². The van der Waals surface area contributed by atoms with Crippen molar-refractivity contribution in [2.75, 3.05) is 26.1 Å². The maximum Gasteiger partial charge on any atom is 0.323 e. The Morgan fingerprint density at radius 2 is 2.03 bits per heavy atom. The first-order chi connectivity index (χ1) is 18.3. The highest BCUT2D eigenvalue weighted by Crippen LogP contribution is 2.52. The number of para-hydroxylation sites is 1. The Balaban J connectivity index is 1.62. The molecule has 1 aromatic carbocycles. The van der Waals surface area contributed by atoms with Crippen LogP contribution in [0.1, 0.15) is 25.9 Å². The summed E-state index contributed by atoms with van der Waals surface area (Å²) in [6, 6.07) is 7.29. The number of hydrogen-bond donors (Lipinski definition) is 3. The number of aromatic nitrogens is 4. The summed E-state index contributed by atoms with van der Waals surface area (Å²) in [6.07, 6.45) is -2.76. The normalized spacial score (nSPS) is 27.2. The lowest BCUT2D eigenvalue weighted by Gasteiger charge is -2.30. The van der Waals surface area contributed by atoms with Crippen molar-refractivity contribution in [2.45, 2.75) is 50.7 Å². The maximum absolute atomic E-state index is 16.2. The number of halogens is 2. The van der Waals surface area contributed by atoms with Gasteiger partial charge in [-0.2, -0.15) is 0 Å². The Kier molecular flexibility index (Phi) is 8.22. The number of nitrogens with zero attached hydrogens (tertiary/aromatic N) is 4. The zero-order valence-corrected chi connectivity index (χ0v) is 23.5. The molecule has 1 aliphatic heterocycles. The molecule has 0 radical (unpaired) electrons. The molecule has 3 heterocycles. The Morgan fingerprint density at radius 3 is 2.67 bits per heavy atom. The van der Waals surface area contributed by atoms with Crippen LogP contribution in [0.25, 0.3) is 11.2 Å². The second kappa shape index (κ2) is 11.0. The Hall–Kier alpha value is -2.81. The molecular formula is C23H29F2N6O6PS. The van der Waals surface area contributed by atoms with E-state index in [9.17, 15) is 9.90 Å². The number of rotatable bonds is 10. The molecule has 1 saturated heterocycles. The third-order valence-electron chi connectivity index (χ3n) is 6.06. The van der Waals surface area contributed by atoms with Gasteiger partial charge in [-0.3, -0.25) is 9.36 Å². The van der Waals surface area contributed by atoms with Crippen molar-refractivity contribution in [3.63, 3.8) is 0 Å². The van der Waals surface area contributed by atoms with E-state index in [2.05, 4.69) is 25.4 Å². The van der Waals surface area contributed by atoms with E-state index < -0.39 is 49.1 Å². The second-order valence-electron chi connectivity index (χ2n) is 9.05. The lowest BCUT2D eigenvalue weighted by molar-refractivity contribution is -0.202. The van der Waals surface area contributed by atoms with E-state index in [-0.39, 0.29) is 11.4 Å². The molecular weight excluding hydrogens is 557 g/mol. The predicted molar refractivity (Wildman–Crippen MR) is 141 cm³/mol. The lowest BCUT2D eigenvalue weighted by atomic mass is 9.97. The Labute approximate surface area is 228 Å². The number of anilines is 1. The number of carbonyl (C=O) groups is 1. The molecule has 6 atom stereocenters. The number of aliphatic hydroxyl groups excluding tert-OH is 1. The zero-order valence-electron chi connectivity index (χ0n) is 21.8. The number of fused-ring (bicyclic) bond motifs is 1. The van der Waals surface area contributed by atoms with Crippen molar-refractivity contribution in [2.24, 2.45) is 0 Å². The first-order valence-corrected chi connectivity index (χ1v) is 14.4. The molecule has 16 heteroatoms. The van der Waals surface area contributed by atoms with Crippen LogP contribution < -0.4 is 14.9 Å². The third-order valence-corrected chi connectivity index (χ3v) is 8.54. The highest BCUT2D eigenvalue weighted by Gasteiger charge is 2.65. The number of benzene rings is 1. The van der Waals surface area contributed by atoms with Crippen LogP contribution in [0.3, 0.4) is 0 Å². The van der Waals surface area contributed by atoms with Crippen molar-refractivity contribution < 1.29 is 37.2 Å². The molecule has 39 heavy (non-hydrogen) atoms. The number of methoxy groups -OCH3 is 1. The minimum Gasteiger partial charge on any atom is -0.468 e. The van der Waals surface area contributed by atoms with Crippen molar-refractivity contribution >= 4 is 41.4 Å². The van der Waals surface area contributed by atoms with Crippen LogP contribution >= 0.6 is 6.64 Å². The standard InChI is InChI=1S/C23H29F2N6O6PS/c1-13(19(32)34-5)30-38(39,37-15-9-7-6-8-10-15)35-11-23(25)20(33)22(3,24)21(36-23)31-12-27-16-17(26-4)28-14(2)29-18(16)31/h6-10,12-13,20-21,33H,11H2,1-5H3,(H,30,39)(H,26,28,29)/t13-,20+,21-,22-,23-,38+/m1/s1. The molecule has 4 rings (SSSR count). The van der Waals surface area contributed by atoms with E-state index in [1.165, 1.54) is 24.9 Å². The predicted octanol–water partition coefficient (Wildman–Crippen LogP) is 2.93. The van der Waals surface area contributed by atoms with Gasteiger partial charge < -0.3 is 28.9 Å². The van der Waals surface area contributed by atoms with Crippen LogP contribution in [0.4, 0.5) is 14.6 Å². The van der Waals surface area contributed by atoms with Crippen LogP contribution in [0.15, 0.2) is 36.7 Å². The van der Waals surface area contributed by atoms with Gasteiger partial charge in [0.05, 0.1) is 13.4 Å². The van der Waals surface area contributed by atoms with E-state index >= 15 is 8.78 Å². The Morgan fingerprint density at radius 1 is 1.33 bits per heavy atom. The van der Waals surface area contributed by atoms with Gasteiger partial charge in [0.15, 0.2) is 35.0 Å². The maximum atomic E-state index is 16.2. The van der Waals surface area contributed by atoms with Crippen molar-refractivity contribution in [3.8, 4) is 5.75 Å². The summed E-state index contributed by atoms with van der Waals surface area (Å²) in [4.78, 5) is 24.8. The molecule has 0 amide bonds. The first kappa shape index (κ1) is 29.2. The number of esters is 1. The lowest BCUT2D eigenvalue weighted by Crippen LogP contribution is -2.47. The van der Waals surface area contributed by atoms with Crippen LogP contribution in [0.5, 0.6) is 5.75 Å². The van der Waals surface area contributed by atoms with Crippen LogP contribution in [-0.4, -0.2) is 75.0 Å². The summed E-state index contributed by atoms with van der Waals surface area (Å²) < 4.78 is 55.0. The van der Waals surface area contributed by atoms with Crippen molar-refractivity contribution in [3.05, 3.63) is 42.5 Å². The van der Waals surface area contributed by atoms with E-state index in [1.54, 1.807) is 44.3 Å². The summed E-state index contributed by atoms with van der Waals surface area (Å²) >= 11 is 5.53. The van der Waals surface area contributed by atoms with Gasteiger partial charge in [-0.1, -0.05) is 18.2 Å². The van der Waals surface area contributed by atoms with E-state index in [1.807, 2.05) is 0 Å². The first-order valence-electron chi connectivity index (χ1n) is 11.8. The summed E-state index contributed by atoms with van der Waals surface area (Å²) in [7, 11) is 2.83. The number of aryl methyl sites for hydroxylation is 1. The molecule has 0 bridgehead atoms. The van der Waals surface area contributed by atoms with Gasteiger partial charge in [-0.25, -0.2) is 28.8 Å². The van der Waals surface area contributed by atoms with Crippen LogP contribution in [-0.2, 0) is 30.6 Å². The summed E-state index contributed by atoms with van der Waals surface area (Å²) in [6.45, 7) is -0.629. The Bertz CT molecular complexity index is 1400. The number of alkyl halides is 2. The number of nitrogens with one attached hydrogen (secondary N) is 2. The van der Waals surface area contributed by atoms with Gasteiger partial charge in [-0.05, 0) is 44.7 Å². The molecule has 0 saturated carbocycles. The minimum absolute atomic E-state index is 0.171. The smallest absolute Gasteiger partial charge is 0.323 e. The average Bonchev–Trinajstić information content (AvgIpc) is 3.39. The quantitative estimate of drug-likeness (QED) is 0.238. The van der Waals surface area contributed by atoms with Gasteiger partial charge in [0, 0.05) is 7.05 Å². The topological polar surface area (TPSA) is 142 Å². The van der Waals surface area contributed by atoms with Crippen LogP contribution in [0.2, 0.25) is 0 Å². The third kappa shape index (κ3) is 5.74. The van der Waals surface area contributed by atoms with Gasteiger partial charge >= 0.3 is 12.6 Å². The van der Waals surface area contributed by atoms with Gasteiger partial charge in [0.1, 0.15) is 24.2 Å². The summed E-state index contributed by atoms with van der Waals surface area (Å²) in [5.74, 6) is -2.72. The number of hydrogen-bond acceptors (Lipinski definition) is 11. The molecule has 12 nitrogen and oxygen atoms in total. The molecule has 0 spiro atoms. The van der Waals surface area contributed by atoms with Crippen LogP contribution in [0, 0.1) is 6.92 Å². The number of carbonyl (C=O) groups excluding carboxylic acids is 1. The van der Waals surface area contributed by atoms with Gasteiger partial charge in [0.2, 0.25) is 0 Å².